The molecule has 106 valence electrons. The van der Waals surface area contributed by atoms with Crippen molar-refractivity contribution in [2.45, 2.75) is 6.54 Å². The summed E-state index contributed by atoms with van der Waals surface area (Å²) in [5, 5.41) is 3.35. The van der Waals surface area contributed by atoms with E-state index >= 15 is 0 Å². The van der Waals surface area contributed by atoms with Gasteiger partial charge in [0.25, 0.3) is 0 Å². The van der Waals surface area contributed by atoms with Gasteiger partial charge in [0.2, 0.25) is 0 Å². The van der Waals surface area contributed by atoms with Crippen molar-refractivity contribution in [3.63, 3.8) is 0 Å². The Morgan fingerprint density at radius 1 is 0.800 bits per heavy atom. The van der Waals surface area contributed by atoms with E-state index in [0.717, 1.165) is 28.5 Å². The van der Waals surface area contributed by atoms with Gasteiger partial charge in [0.05, 0.1) is 27.0 Å². The quantitative estimate of drug-likeness (QED) is 0.876. The Bertz CT molecular complexity index is 552. The van der Waals surface area contributed by atoms with Gasteiger partial charge in [-0.1, -0.05) is 12.1 Å². The summed E-state index contributed by atoms with van der Waals surface area (Å²) >= 11 is 0. The molecule has 2 aromatic rings. The minimum atomic E-state index is 0.702. The van der Waals surface area contributed by atoms with Crippen LogP contribution in [0.1, 0.15) is 5.56 Å². The minimum absolute atomic E-state index is 0.702. The Balaban J connectivity index is 2.08. The lowest BCUT2D eigenvalue weighted by Crippen LogP contribution is -2.01. The molecule has 0 bridgehead atoms. The molecular weight excluding hydrogens is 254 g/mol. The second-order valence-electron chi connectivity index (χ2n) is 4.27. The Labute approximate surface area is 119 Å². The molecule has 0 aromatic heterocycles. The molecule has 0 aliphatic rings. The minimum Gasteiger partial charge on any atom is -0.497 e. The average Bonchev–Trinajstić information content (AvgIpc) is 2.53. The number of hydrogen-bond donors (Lipinski definition) is 1. The van der Waals surface area contributed by atoms with Crippen molar-refractivity contribution < 1.29 is 14.2 Å². The van der Waals surface area contributed by atoms with Crippen LogP contribution in [0.2, 0.25) is 0 Å². The fraction of sp³-hybridized carbons (Fsp3) is 0.250. The molecule has 20 heavy (non-hydrogen) atoms. The third-order valence-corrected chi connectivity index (χ3v) is 3.05. The Hall–Kier alpha value is -2.36. The first-order valence-corrected chi connectivity index (χ1v) is 6.35. The molecule has 0 amide bonds. The number of anilines is 1. The predicted octanol–water partition coefficient (Wildman–Crippen LogP) is 3.32. The van der Waals surface area contributed by atoms with E-state index in [2.05, 4.69) is 5.32 Å². The molecule has 0 unspecified atom stereocenters. The molecule has 0 fully saturated rings. The van der Waals surface area contributed by atoms with Crippen LogP contribution < -0.4 is 19.5 Å². The largest absolute Gasteiger partial charge is 0.497 e. The molecule has 2 aromatic carbocycles. The summed E-state index contributed by atoms with van der Waals surface area (Å²) in [5.74, 6) is 2.44. The molecule has 4 heteroatoms. The van der Waals surface area contributed by atoms with Gasteiger partial charge >= 0.3 is 0 Å². The number of rotatable bonds is 6. The van der Waals surface area contributed by atoms with E-state index in [1.165, 1.54) is 0 Å². The first-order chi connectivity index (χ1) is 9.76. The molecule has 1 N–H and O–H groups in total. The standard InChI is InChI=1S/C16H19NO3/c1-18-13-6-4-12(5-7-13)11-17-15-10-14(19-2)8-9-16(15)20-3/h4-10,17H,11H2,1-3H3. The van der Waals surface area contributed by atoms with Crippen LogP contribution in [0.25, 0.3) is 0 Å². The number of nitrogens with one attached hydrogen (secondary N) is 1. The van der Waals surface area contributed by atoms with Crippen molar-refractivity contribution in [3.8, 4) is 17.2 Å². The number of hydrogen-bond acceptors (Lipinski definition) is 4. The summed E-state index contributed by atoms with van der Waals surface area (Å²) in [4.78, 5) is 0. The van der Waals surface area contributed by atoms with Gasteiger partial charge < -0.3 is 19.5 Å². The lowest BCUT2D eigenvalue weighted by atomic mass is 10.2. The first-order valence-electron chi connectivity index (χ1n) is 6.35. The van der Waals surface area contributed by atoms with E-state index in [9.17, 15) is 0 Å². The van der Waals surface area contributed by atoms with Crippen molar-refractivity contribution in [2.24, 2.45) is 0 Å². The van der Waals surface area contributed by atoms with Crippen LogP contribution in [-0.4, -0.2) is 21.3 Å². The predicted molar refractivity (Wildman–Crippen MR) is 79.9 cm³/mol. The molecular formula is C16H19NO3. The highest BCUT2D eigenvalue weighted by Gasteiger charge is 2.04. The summed E-state index contributed by atoms with van der Waals surface area (Å²) < 4.78 is 15.7. The van der Waals surface area contributed by atoms with E-state index < -0.39 is 0 Å². The molecule has 0 radical (unpaired) electrons. The number of benzene rings is 2. The van der Waals surface area contributed by atoms with Crippen LogP contribution in [0.5, 0.6) is 17.2 Å². The smallest absolute Gasteiger partial charge is 0.142 e. The second kappa shape index (κ2) is 6.70. The Kier molecular flexibility index (Phi) is 4.71. The number of ether oxygens (including phenoxy) is 3. The second-order valence-corrected chi connectivity index (χ2v) is 4.27. The van der Waals surface area contributed by atoms with E-state index in [1.54, 1.807) is 21.3 Å². The van der Waals surface area contributed by atoms with Crippen LogP contribution in [-0.2, 0) is 6.54 Å². The maximum Gasteiger partial charge on any atom is 0.142 e. The monoisotopic (exact) mass is 273 g/mol. The van der Waals surface area contributed by atoms with Crippen molar-refractivity contribution in [1.82, 2.24) is 0 Å². The molecule has 2 rings (SSSR count). The molecule has 4 nitrogen and oxygen atoms in total. The highest BCUT2D eigenvalue weighted by Crippen LogP contribution is 2.29. The Morgan fingerprint density at radius 2 is 1.45 bits per heavy atom. The van der Waals surface area contributed by atoms with Gasteiger partial charge in [-0.05, 0) is 29.8 Å². The van der Waals surface area contributed by atoms with E-state index in [4.69, 9.17) is 14.2 Å². The molecule has 0 aliphatic heterocycles. The topological polar surface area (TPSA) is 39.7 Å². The van der Waals surface area contributed by atoms with Crippen LogP contribution >= 0.6 is 0 Å². The zero-order valence-corrected chi connectivity index (χ0v) is 12.0. The third kappa shape index (κ3) is 3.35. The van der Waals surface area contributed by atoms with Crippen molar-refractivity contribution in [2.75, 3.05) is 26.6 Å². The first kappa shape index (κ1) is 14.1. The molecule has 0 atom stereocenters. The summed E-state index contributed by atoms with van der Waals surface area (Å²) in [5.41, 5.74) is 2.07. The summed E-state index contributed by atoms with van der Waals surface area (Å²) in [6.45, 7) is 0.702. The van der Waals surface area contributed by atoms with Crippen molar-refractivity contribution in [3.05, 3.63) is 48.0 Å². The van der Waals surface area contributed by atoms with Gasteiger partial charge in [0, 0.05) is 12.6 Å². The zero-order valence-electron chi connectivity index (χ0n) is 12.0. The summed E-state index contributed by atoms with van der Waals surface area (Å²) in [6.07, 6.45) is 0. The van der Waals surface area contributed by atoms with Gasteiger partial charge in [-0.15, -0.1) is 0 Å². The lowest BCUT2D eigenvalue weighted by Gasteiger charge is -2.13. The van der Waals surface area contributed by atoms with Gasteiger partial charge in [-0.25, -0.2) is 0 Å². The van der Waals surface area contributed by atoms with E-state index in [1.807, 2.05) is 42.5 Å². The SMILES string of the molecule is COc1ccc(CNc2cc(OC)ccc2OC)cc1. The van der Waals surface area contributed by atoms with Crippen LogP contribution in [0.3, 0.4) is 0 Å². The van der Waals surface area contributed by atoms with E-state index in [0.29, 0.717) is 6.54 Å². The van der Waals surface area contributed by atoms with E-state index in [-0.39, 0.29) is 0 Å². The van der Waals surface area contributed by atoms with Crippen LogP contribution in [0, 0.1) is 0 Å². The van der Waals surface area contributed by atoms with Crippen LogP contribution in [0.4, 0.5) is 5.69 Å². The maximum absolute atomic E-state index is 5.33. The third-order valence-electron chi connectivity index (χ3n) is 3.05. The lowest BCUT2D eigenvalue weighted by molar-refractivity contribution is 0.404. The van der Waals surface area contributed by atoms with Gasteiger partial charge in [-0.3, -0.25) is 0 Å². The van der Waals surface area contributed by atoms with Gasteiger partial charge in [-0.2, -0.15) is 0 Å². The molecule has 0 saturated heterocycles. The maximum atomic E-state index is 5.33. The fourth-order valence-corrected chi connectivity index (χ4v) is 1.89. The summed E-state index contributed by atoms with van der Waals surface area (Å²) in [6, 6.07) is 13.6. The fourth-order valence-electron chi connectivity index (χ4n) is 1.89. The molecule has 0 aliphatic carbocycles. The number of methoxy groups -OCH3 is 3. The highest BCUT2D eigenvalue weighted by molar-refractivity contribution is 5.60. The van der Waals surface area contributed by atoms with Crippen molar-refractivity contribution >= 4 is 5.69 Å². The molecule has 0 saturated carbocycles. The highest BCUT2D eigenvalue weighted by atomic mass is 16.5. The normalized spacial score (nSPS) is 9.95. The molecule has 0 spiro atoms. The van der Waals surface area contributed by atoms with Gasteiger partial charge in [0.1, 0.15) is 17.2 Å². The van der Waals surface area contributed by atoms with Crippen LogP contribution in [0.15, 0.2) is 42.5 Å². The molecule has 0 heterocycles. The van der Waals surface area contributed by atoms with Gasteiger partial charge in [0.15, 0.2) is 0 Å². The zero-order chi connectivity index (χ0) is 14.4. The summed E-state index contributed by atoms with van der Waals surface area (Å²) in [7, 11) is 4.96. The Morgan fingerprint density at radius 3 is 2.05 bits per heavy atom. The van der Waals surface area contributed by atoms with Crippen molar-refractivity contribution in [1.29, 1.82) is 0 Å². The average molecular weight is 273 g/mol.